The van der Waals surface area contributed by atoms with E-state index in [1.807, 2.05) is 36.4 Å². The van der Waals surface area contributed by atoms with Crippen LogP contribution in [0.3, 0.4) is 0 Å². The molecule has 4 heteroatoms. The van der Waals surface area contributed by atoms with Crippen molar-refractivity contribution in [2.75, 3.05) is 0 Å². The van der Waals surface area contributed by atoms with Crippen LogP contribution in [0.15, 0.2) is 30.5 Å². The van der Waals surface area contributed by atoms with E-state index in [9.17, 15) is 0 Å². The maximum absolute atomic E-state index is 8.80. The molecule has 0 radical (unpaired) electrons. The Morgan fingerprint density at radius 2 is 1.87 bits per heavy atom. The molecule has 0 aliphatic heterocycles. The van der Waals surface area contributed by atoms with Crippen molar-refractivity contribution in [1.82, 2.24) is 10.2 Å². The SMILES string of the molecule is N#CC(C#N)c1nncc2ccccc12. The Hall–Kier alpha value is -2.46. The highest BCUT2D eigenvalue weighted by Crippen LogP contribution is 2.21. The Labute approximate surface area is 86.4 Å². The van der Waals surface area contributed by atoms with E-state index in [1.165, 1.54) is 0 Å². The molecule has 0 aliphatic rings. The number of fused-ring (bicyclic) bond motifs is 1. The minimum atomic E-state index is -0.858. The van der Waals surface area contributed by atoms with Gasteiger partial charge in [0.05, 0.1) is 18.3 Å². The number of hydrogen-bond acceptors (Lipinski definition) is 4. The van der Waals surface area contributed by atoms with Crippen LogP contribution < -0.4 is 0 Å². The molecule has 0 fully saturated rings. The van der Waals surface area contributed by atoms with Crippen LogP contribution in [0.25, 0.3) is 10.8 Å². The molecular formula is C11H6N4. The van der Waals surface area contributed by atoms with E-state index in [0.29, 0.717) is 5.69 Å². The summed E-state index contributed by atoms with van der Waals surface area (Å²) >= 11 is 0. The summed E-state index contributed by atoms with van der Waals surface area (Å²) in [4.78, 5) is 0. The van der Waals surface area contributed by atoms with E-state index in [1.54, 1.807) is 6.20 Å². The highest BCUT2D eigenvalue weighted by Gasteiger charge is 2.14. The summed E-state index contributed by atoms with van der Waals surface area (Å²) in [6.07, 6.45) is 1.62. The third kappa shape index (κ3) is 1.49. The predicted octanol–water partition coefficient (Wildman–Crippen LogP) is 1.76. The number of hydrogen-bond donors (Lipinski definition) is 0. The van der Waals surface area contributed by atoms with Crippen LogP contribution in [0, 0.1) is 22.7 Å². The van der Waals surface area contributed by atoms with Gasteiger partial charge in [-0.2, -0.15) is 20.7 Å². The molecule has 0 bridgehead atoms. The van der Waals surface area contributed by atoms with E-state index in [-0.39, 0.29) is 0 Å². The van der Waals surface area contributed by atoms with Gasteiger partial charge in [-0.05, 0) is 0 Å². The van der Waals surface area contributed by atoms with Crippen LogP contribution in [-0.2, 0) is 0 Å². The summed E-state index contributed by atoms with van der Waals surface area (Å²) in [5.74, 6) is -0.858. The van der Waals surface area contributed by atoms with Crippen LogP contribution in [-0.4, -0.2) is 10.2 Å². The molecule has 0 saturated heterocycles. The lowest BCUT2D eigenvalue weighted by Crippen LogP contribution is -1.99. The van der Waals surface area contributed by atoms with E-state index in [2.05, 4.69) is 10.2 Å². The third-order valence-electron chi connectivity index (χ3n) is 2.13. The van der Waals surface area contributed by atoms with Crippen LogP contribution in [0.2, 0.25) is 0 Å². The first kappa shape index (κ1) is 9.11. The maximum Gasteiger partial charge on any atom is 0.177 e. The zero-order chi connectivity index (χ0) is 10.7. The summed E-state index contributed by atoms with van der Waals surface area (Å²) in [6.45, 7) is 0. The second-order valence-electron chi connectivity index (χ2n) is 3.01. The highest BCUT2D eigenvalue weighted by molar-refractivity contribution is 5.84. The average molecular weight is 194 g/mol. The molecule has 1 aromatic heterocycles. The Bertz CT molecular complexity index is 558. The lowest BCUT2D eigenvalue weighted by atomic mass is 10.0. The molecular weight excluding hydrogens is 188 g/mol. The summed E-state index contributed by atoms with van der Waals surface area (Å²) < 4.78 is 0. The van der Waals surface area contributed by atoms with Gasteiger partial charge in [0.2, 0.25) is 0 Å². The van der Waals surface area contributed by atoms with Crippen LogP contribution >= 0.6 is 0 Å². The van der Waals surface area contributed by atoms with Gasteiger partial charge in [-0.3, -0.25) is 0 Å². The average Bonchev–Trinajstić information content (AvgIpc) is 2.31. The van der Waals surface area contributed by atoms with Gasteiger partial charge in [0.15, 0.2) is 5.92 Å². The first-order valence-corrected chi connectivity index (χ1v) is 4.36. The molecule has 2 aromatic rings. The first-order valence-electron chi connectivity index (χ1n) is 4.36. The summed E-state index contributed by atoms with van der Waals surface area (Å²) in [6, 6.07) is 11.2. The molecule has 70 valence electrons. The molecule has 0 amide bonds. The van der Waals surface area contributed by atoms with Gasteiger partial charge in [0, 0.05) is 10.8 Å². The van der Waals surface area contributed by atoms with Gasteiger partial charge in [0.1, 0.15) is 5.69 Å². The lowest BCUT2D eigenvalue weighted by Gasteiger charge is -2.02. The standard InChI is InChI=1S/C11H6N4/c12-5-9(6-13)11-10-4-2-1-3-8(10)7-14-15-11/h1-4,7,9H. The number of benzene rings is 1. The molecule has 0 spiro atoms. The quantitative estimate of drug-likeness (QED) is 0.693. The second-order valence-corrected chi connectivity index (χ2v) is 3.01. The highest BCUT2D eigenvalue weighted by atomic mass is 15.1. The Kier molecular flexibility index (Phi) is 2.26. The molecule has 1 heterocycles. The summed E-state index contributed by atoms with van der Waals surface area (Å²) in [5, 5.41) is 26.9. The van der Waals surface area contributed by atoms with Crippen molar-refractivity contribution >= 4 is 10.8 Å². The van der Waals surface area contributed by atoms with E-state index >= 15 is 0 Å². The molecule has 0 aliphatic carbocycles. The Morgan fingerprint density at radius 1 is 1.13 bits per heavy atom. The van der Waals surface area contributed by atoms with Gasteiger partial charge in [0.25, 0.3) is 0 Å². The van der Waals surface area contributed by atoms with Crippen LogP contribution in [0.1, 0.15) is 11.6 Å². The number of nitriles is 2. The predicted molar refractivity (Wildman–Crippen MR) is 53.5 cm³/mol. The van der Waals surface area contributed by atoms with Crippen molar-refractivity contribution in [1.29, 1.82) is 10.5 Å². The van der Waals surface area contributed by atoms with E-state index < -0.39 is 5.92 Å². The van der Waals surface area contributed by atoms with Crippen molar-refractivity contribution in [3.8, 4) is 12.1 Å². The van der Waals surface area contributed by atoms with E-state index in [4.69, 9.17) is 10.5 Å². The molecule has 0 atom stereocenters. The molecule has 0 N–H and O–H groups in total. The summed E-state index contributed by atoms with van der Waals surface area (Å²) in [7, 11) is 0. The third-order valence-corrected chi connectivity index (χ3v) is 2.13. The van der Waals surface area contributed by atoms with Gasteiger partial charge in [-0.1, -0.05) is 24.3 Å². The smallest absolute Gasteiger partial charge is 0.177 e. The van der Waals surface area contributed by atoms with Gasteiger partial charge < -0.3 is 0 Å². The van der Waals surface area contributed by atoms with Gasteiger partial charge >= 0.3 is 0 Å². The number of aromatic nitrogens is 2. The van der Waals surface area contributed by atoms with Crippen molar-refractivity contribution in [2.45, 2.75) is 5.92 Å². The van der Waals surface area contributed by atoms with Gasteiger partial charge in [-0.25, -0.2) is 0 Å². The topological polar surface area (TPSA) is 73.4 Å². The molecule has 2 rings (SSSR count). The monoisotopic (exact) mass is 194 g/mol. The maximum atomic E-state index is 8.80. The van der Waals surface area contributed by atoms with Gasteiger partial charge in [-0.15, -0.1) is 0 Å². The molecule has 15 heavy (non-hydrogen) atoms. The minimum absolute atomic E-state index is 0.429. The van der Waals surface area contributed by atoms with Crippen molar-refractivity contribution < 1.29 is 0 Å². The zero-order valence-electron chi connectivity index (χ0n) is 7.75. The zero-order valence-corrected chi connectivity index (χ0v) is 7.75. The normalized spacial score (nSPS) is 9.80. The largest absolute Gasteiger partial charge is 0.196 e. The van der Waals surface area contributed by atoms with Crippen molar-refractivity contribution in [2.24, 2.45) is 0 Å². The fourth-order valence-electron chi connectivity index (χ4n) is 1.41. The molecule has 0 unspecified atom stereocenters. The molecule has 0 saturated carbocycles. The van der Waals surface area contributed by atoms with Crippen LogP contribution in [0.5, 0.6) is 0 Å². The molecule has 1 aromatic carbocycles. The molecule has 4 nitrogen and oxygen atoms in total. The van der Waals surface area contributed by atoms with Crippen molar-refractivity contribution in [3.05, 3.63) is 36.2 Å². The number of rotatable bonds is 1. The van der Waals surface area contributed by atoms with Crippen molar-refractivity contribution in [3.63, 3.8) is 0 Å². The number of nitrogens with zero attached hydrogens (tertiary/aromatic N) is 4. The second kappa shape index (κ2) is 3.73. The Balaban J connectivity index is 2.73. The fraction of sp³-hybridized carbons (Fsp3) is 0.0909. The fourth-order valence-corrected chi connectivity index (χ4v) is 1.41. The minimum Gasteiger partial charge on any atom is -0.196 e. The first-order chi connectivity index (χ1) is 7.36. The summed E-state index contributed by atoms with van der Waals surface area (Å²) in [5.41, 5.74) is 0.429. The van der Waals surface area contributed by atoms with Crippen LogP contribution in [0.4, 0.5) is 0 Å². The Morgan fingerprint density at radius 3 is 2.60 bits per heavy atom. The lowest BCUT2D eigenvalue weighted by molar-refractivity contribution is 0.929. The van der Waals surface area contributed by atoms with E-state index in [0.717, 1.165) is 10.8 Å².